The number of aromatic nitrogens is 1. The molecule has 0 aliphatic heterocycles. The zero-order valence-electron chi connectivity index (χ0n) is 8.82. The molecule has 0 spiro atoms. The van der Waals surface area contributed by atoms with Crippen LogP contribution in [0.2, 0.25) is 0 Å². The van der Waals surface area contributed by atoms with Crippen molar-refractivity contribution in [2.75, 3.05) is 24.4 Å². The quantitative estimate of drug-likeness (QED) is 0.721. The molecule has 1 saturated carbocycles. The third-order valence-electron chi connectivity index (χ3n) is 2.57. The second-order valence-corrected chi connectivity index (χ2v) is 4.05. The Morgan fingerprint density at radius 3 is 3.00 bits per heavy atom. The van der Waals surface area contributed by atoms with E-state index in [9.17, 15) is 0 Å². The lowest BCUT2D eigenvalue weighted by atomic mass is 10.3. The Kier molecular flexibility index (Phi) is 3.31. The Bertz CT molecular complexity index is 328. The summed E-state index contributed by atoms with van der Waals surface area (Å²) in [5.41, 5.74) is 1.16. The Balaban J connectivity index is 2.16. The van der Waals surface area contributed by atoms with Crippen molar-refractivity contribution in [2.24, 2.45) is 0 Å². The van der Waals surface area contributed by atoms with Gasteiger partial charge in [0.05, 0.1) is 7.11 Å². The number of pyridine rings is 1. The number of methoxy groups -OCH3 is 1. The fourth-order valence-corrected chi connectivity index (χ4v) is 1.87. The molecular weight excluding hydrogens is 212 g/mol. The van der Waals surface area contributed by atoms with Crippen LogP contribution in [-0.2, 0) is 0 Å². The van der Waals surface area contributed by atoms with E-state index in [2.05, 4.69) is 9.88 Å². The van der Waals surface area contributed by atoms with Crippen molar-refractivity contribution in [3.63, 3.8) is 0 Å². The number of anilines is 1. The molecule has 1 aliphatic carbocycles. The lowest BCUT2D eigenvalue weighted by Gasteiger charge is -2.23. The highest BCUT2D eigenvalue weighted by atomic mass is 35.5. The lowest BCUT2D eigenvalue weighted by Crippen LogP contribution is -2.27. The van der Waals surface area contributed by atoms with Crippen molar-refractivity contribution in [2.45, 2.75) is 18.9 Å². The molecule has 1 aromatic heterocycles. The highest BCUT2D eigenvalue weighted by Crippen LogP contribution is 2.32. The number of halogens is 1. The van der Waals surface area contributed by atoms with Crippen LogP contribution in [0.15, 0.2) is 18.3 Å². The van der Waals surface area contributed by atoms with E-state index < -0.39 is 0 Å². The van der Waals surface area contributed by atoms with Crippen molar-refractivity contribution in [1.29, 1.82) is 0 Å². The summed E-state index contributed by atoms with van der Waals surface area (Å²) in [6.45, 7) is 0.888. The predicted octanol–water partition coefficient (Wildman–Crippen LogP) is 2.30. The van der Waals surface area contributed by atoms with E-state index in [4.69, 9.17) is 16.3 Å². The van der Waals surface area contributed by atoms with Gasteiger partial charge in [0.2, 0.25) is 5.88 Å². The summed E-state index contributed by atoms with van der Waals surface area (Å²) in [6, 6.07) is 4.63. The Labute approximate surface area is 95.0 Å². The standard InChI is InChI=1S/C11H15ClN2O/c1-15-11-8-10(4-6-13-11)14(7-5-12)9-2-3-9/h4,6,8-9H,2-3,5,7H2,1H3. The largest absolute Gasteiger partial charge is 0.481 e. The first-order valence-corrected chi connectivity index (χ1v) is 5.71. The van der Waals surface area contributed by atoms with Crippen LogP contribution in [0.3, 0.4) is 0 Å². The summed E-state index contributed by atoms with van der Waals surface area (Å²) >= 11 is 5.80. The molecule has 1 fully saturated rings. The zero-order valence-corrected chi connectivity index (χ0v) is 9.57. The minimum Gasteiger partial charge on any atom is -0.481 e. The number of ether oxygens (including phenoxy) is 1. The van der Waals surface area contributed by atoms with Crippen molar-refractivity contribution in [3.8, 4) is 5.88 Å². The second-order valence-electron chi connectivity index (χ2n) is 3.67. The van der Waals surface area contributed by atoms with Crippen LogP contribution in [-0.4, -0.2) is 30.6 Å². The summed E-state index contributed by atoms with van der Waals surface area (Å²) in [4.78, 5) is 6.43. The summed E-state index contributed by atoms with van der Waals surface area (Å²) in [7, 11) is 1.63. The van der Waals surface area contributed by atoms with Gasteiger partial charge in [-0.3, -0.25) is 0 Å². The maximum Gasteiger partial charge on any atom is 0.214 e. The van der Waals surface area contributed by atoms with Gasteiger partial charge >= 0.3 is 0 Å². The maximum atomic E-state index is 5.80. The molecular formula is C11H15ClN2O. The van der Waals surface area contributed by atoms with Crippen LogP contribution in [0, 0.1) is 0 Å². The van der Waals surface area contributed by atoms with E-state index in [1.807, 2.05) is 12.1 Å². The minimum atomic E-state index is 0.654. The monoisotopic (exact) mass is 226 g/mol. The Morgan fingerprint density at radius 1 is 1.60 bits per heavy atom. The average molecular weight is 227 g/mol. The first-order chi connectivity index (χ1) is 7.35. The maximum absolute atomic E-state index is 5.80. The Morgan fingerprint density at radius 2 is 2.40 bits per heavy atom. The molecule has 0 amide bonds. The van der Waals surface area contributed by atoms with Gasteiger partial charge in [0.1, 0.15) is 0 Å². The van der Waals surface area contributed by atoms with E-state index in [0.29, 0.717) is 17.8 Å². The van der Waals surface area contributed by atoms with Crippen LogP contribution in [0.1, 0.15) is 12.8 Å². The third-order valence-corrected chi connectivity index (χ3v) is 2.74. The molecule has 0 aromatic carbocycles. The van der Waals surface area contributed by atoms with Gasteiger partial charge in [0.15, 0.2) is 0 Å². The molecule has 1 heterocycles. The van der Waals surface area contributed by atoms with Crippen LogP contribution in [0.5, 0.6) is 5.88 Å². The van der Waals surface area contributed by atoms with E-state index >= 15 is 0 Å². The molecule has 3 nitrogen and oxygen atoms in total. The molecule has 2 rings (SSSR count). The van der Waals surface area contributed by atoms with E-state index in [-0.39, 0.29) is 0 Å². The first kappa shape index (κ1) is 10.6. The SMILES string of the molecule is COc1cc(N(CCCl)C2CC2)ccn1. The van der Waals surface area contributed by atoms with Gasteiger partial charge in [-0.1, -0.05) is 0 Å². The van der Waals surface area contributed by atoms with Crippen LogP contribution in [0.4, 0.5) is 5.69 Å². The highest BCUT2D eigenvalue weighted by molar-refractivity contribution is 6.18. The van der Waals surface area contributed by atoms with E-state index in [1.165, 1.54) is 12.8 Å². The lowest BCUT2D eigenvalue weighted by molar-refractivity contribution is 0.398. The van der Waals surface area contributed by atoms with Crippen molar-refractivity contribution >= 4 is 17.3 Å². The topological polar surface area (TPSA) is 25.4 Å². The summed E-state index contributed by atoms with van der Waals surface area (Å²) in [5.74, 6) is 1.31. The normalized spacial score (nSPS) is 15.1. The van der Waals surface area contributed by atoms with Gasteiger partial charge in [0.25, 0.3) is 0 Å². The van der Waals surface area contributed by atoms with Gasteiger partial charge in [-0.2, -0.15) is 0 Å². The molecule has 0 saturated heterocycles. The molecule has 0 bridgehead atoms. The molecule has 1 aromatic rings. The third kappa shape index (κ3) is 2.53. The fourth-order valence-electron chi connectivity index (χ4n) is 1.69. The highest BCUT2D eigenvalue weighted by Gasteiger charge is 2.28. The zero-order chi connectivity index (χ0) is 10.7. The number of rotatable bonds is 5. The smallest absolute Gasteiger partial charge is 0.214 e. The summed E-state index contributed by atoms with van der Waals surface area (Å²) in [5, 5.41) is 0. The molecule has 15 heavy (non-hydrogen) atoms. The summed E-state index contributed by atoms with van der Waals surface area (Å²) < 4.78 is 5.11. The van der Waals surface area contributed by atoms with Gasteiger partial charge in [0, 0.05) is 36.4 Å². The summed E-state index contributed by atoms with van der Waals surface area (Å²) in [6.07, 6.45) is 4.31. The van der Waals surface area contributed by atoms with Crippen LogP contribution >= 0.6 is 11.6 Å². The van der Waals surface area contributed by atoms with Gasteiger partial charge in [-0.05, 0) is 18.9 Å². The van der Waals surface area contributed by atoms with E-state index in [0.717, 1.165) is 12.2 Å². The fraction of sp³-hybridized carbons (Fsp3) is 0.545. The number of alkyl halides is 1. The molecule has 82 valence electrons. The molecule has 1 aliphatic rings. The minimum absolute atomic E-state index is 0.654. The second kappa shape index (κ2) is 4.71. The molecule has 0 N–H and O–H groups in total. The predicted molar refractivity (Wildman–Crippen MR) is 61.9 cm³/mol. The van der Waals surface area contributed by atoms with Crippen molar-refractivity contribution < 1.29 is 4.74 Å². The Hall–Kier alpha value is -0.960. The van der Waals surface area contributed by atoms with Gasteiger partial charge in [-0.15, -0.1) is 11.6 Å². The number of nitrogens with zero attached hydrogens (tertiary/aromatic N) is 2. The van der Waals surface area contributed by atoms with Gasteiger partial charge in [-0.25, -0.2) is 4.98 Å². The number of hydrogen-bond acceptors (Lipinski definition) is 3. The van der Waals surface area contributed by atoms with Crippen LogP contribution < -0.4 is 9.64 Å². The van der Waals surface area contributed by atoms with Gasteiger partial charge < -0.3 is 9.64 Å². The van der Waals surface area contributed by atoms with Crippen LogP contribution in [0.25, 0.3) is 0 Å². The van der Waals surface area contributed by atoms with Crippen molar-refractivity contribution in [3.05, 3.63) is 18.3 Å². The molecule has 0 radical (unpaired) electrons. The van der Waals surface area contributed by atoms with E-state index in [1.54, 1.807) is 13.3 Å². The molecule has 0 atom stereocenters. The van der Waals surface area contributed by atoms with Crippen molar-refractivity contribution in [1.82, 2.24) is 4.98 Å². The molecule has 0 unspecified atom stereocenters. The first-order valence-electron chi connectivity index (χ1n) is 5.18. The number of hydrogen-bond donors (Lipinski definition) is 0. The average Bonchev–Trinajstić information content (AvgIpc) is 3.10. The molecule has 4 heteroatoms.